The van der Waals surface area contributed by atoms with Crippen molar-refractivity contribution in [2.24, 2.45) is 0 Å². The van der Waals surface area contributed by atoms with Crippen LogP contribution in [0.2, 0.25) is 0 Å². The topological polar surface area (TPSA) is 66.4 Å². The zero-order chi connectivity index (χ0) is 14.4. The second kappa shape index (κ2) is 7.19. The van der Waals surface area contributed by atoms with Gasteiger partial charge in [0.2, 0.25) is 5.91 Å². The van der Waals surface area contributed by atoms with Crippen LogP contribution in [0.1, 0.15) is 24.5 Å². The van der Waals surface area contributed by atoms with Gasteiger partial charge in [-0.1, -0.05) is 13.0 Å². The minimum absolute atomic E-state index is 0.151. The van der Waals surface area contributed by atoms with Crippen molar-refractivity contribution in [3.05, 3.63) is 29.3 Å². The molecule has 0 spiro atoms. The number of carbonyl (C=O) groups is 2. The average Bonchev–Trinajstić information content (AvgIpc) is 2.34. The van der Waals surface area contributed by atoms with Gasteiger partial charge < -0.3 is 10.4 Å². The van der Waals surface area contributed by atoms with E-state index >= 15 is 0 Å². The smallest absolute Gasteiger partial charge is 0.316 e. The van der Waals surface area contributed by atoms with Crippen molar-refractivity contribution in [1.82, 2.24) is 0 Å². The van der Waals surface area contributed by atoms with Gasteiger partial charge in [-0.25, -0.2) is 0 Å². The van der Waals surface area contributed by atoms with Crippen LogP contribution in [0.4, 0.5) is 5.69 Å². The number of hydrogen-bond donors (Lipinski definition) is 2. The number of amides is 1. The van der Waals surface area contributed by atoms with Crippen molar-refractivity contribution in [2.75, 3.05) is 11.1 Å². The zero-order valence-electron chi connectivity index (χ0n) is 11.4. The standard InChI is InChI=1S/C14H19NO3S/c1-4-12(14(17)18)19-8-13(16)15-11-6-5-9(2)10(3)7-11/h5-7,12H,4,8H2,1-3H3,(H,15,16)(H,17,18). The monoisotopic (exact) mass is 281 g/mol. The first-order valence-corrected chi connectivity index (χ1v) is 7.20. The molecule has 0 heterocycles. The van der Waals surface area contributed by atoms with E-state index in [0.717, 1.165) is 23.0 Å². The predicted octanol–water partition coefficient (Wildman–Crippen LogP) is 2.84. The van der Waals surface area contributed by atoms with Gasteiger partial charge in [-0.15, -0.1) is 11.8 Å². The van der Waals surface area contributed by atoms with Crippen LogP contribution in [0.5, 0.6) is 0 Å². The summed E-state index contributed by atoms with van der Waals surface area (Å²) in [7, 11) is 0. The highest BCUT2D eigenvalue weighted by atomic mass is 32.2. The Morgan fingerprint density at radius 2 is 2.00 bits per heavy atom. The Morgan fingerprint density at radius 1 is 1.32 bits per heavy atom. The van der Waals surface area contributed by atoms with Crippen molar-refractivity contribution < 1.29 is 14.7 Å². The number of carboxylic acids is 1. The van der Waals surface area contributed by atoms with E-state index in [1.807, 2.05) is 32.0 Å². The number of carbonyl (C=O) groups excluding carboxylic acids is 1. The summed E-state index contributed by atoms with van der Waals surface area (Å²) in [5, 5.41) is 11.1. The first-order chi connectivity index (χ1) is 8.93. The van der Waals surface area contributed by atoms with Crippen molar-refractivity contribution in [1.29, 1.82) is 0 Å². The quantitative estimate of drug-likeness (QED) is 0.841. The van der Waals surface area contributed by atoms with Crippen LogP contribution < -0.4 is 5.32 Å². The Bertz CT molecular complexity index is 474. The summed E-state index contributed by atoms with van der Waals surface area (Å²) < 4.78 is 0. The summed E-state index contributed by atoms with van der Waals surface area (Å²) in [4.78, 5) is 22.6. The van der Waals surface area contributed by atoms with Crippen molar-refractivity contribution in [3.8, 4) is 0 Å². The molecule has 4 nitrogen and oxygen atoms in total. The fraction of sp³-hybridized carbons (Fsp3) is 0.429. The number of benzene rings is 1. The average molecular weight is 281 g/mol. The molecule has 1 amide bonds. The lowest BCUT2D eigenvalue weighted by atomic mass is 10.1. The van der Waals surface area contributed by atoms with Crippen LogP contribution in [0.15, 0.2) is 18.2 Å². The highest BCUT2D eigenvalue weighted by Crippen LogP contribution is 2.17. The molecule has 1 unspecified atom stereocenters. The van der Waals surface area contributed by atoms with Gasteiger partial charge in [0.05, 0.1) is 5.75 Å². The number of aliphatic carboxylic acids is 1. The third kappa shape index (κ3) is 4.95. The molecule has 19 heavy (non-hydrogen) atoms. The summed E-state index contributed by atoms with van der Waals surface area (Å²) in [6.45, 7) is 5.79. The van der Waals surface area contributed by atoms with Crippen molar-refractivity contribution in [2.45, 2.75) is 32.4 Å². The van der Waals surface area contributed by atoms with E-state index in [0.29, 0.717) is 6.42 Å². The summed E-state index contributed by atoms with van der Waals surface area (Å²) >= 11 is 1.15. The number of thioether (sulfide) groups is 1. The Balaban J connectivity index is 2.51. The third-order valence-corrected chi connectivity index (χ3v) is 4.22. The fourth-order valence-electron chi connectivity index (χ4n) is 1.56. The molecule has 0 saturated carbocycles. The van der Waals surface area contributed by atoms with E-state index in [4.69, 9.17) is 5.11 Å². The molecule has 1 atom stereocenters. The maximum atomic E-state index is 11.7. The molecule has 104 valence electrons. The molecule has 1 aromatic rings. The highest BCUT2D eigenvalue weighted by molar-refractivity contribution is 8.01. The molecule has 0 bridgehead atoms. The summed E-state index contributed by atoms with van der Waals surface area (Å²) in [5.74, 6) is -0.892. The third-order valence-electron chi connectivity index (χ3n) is 2.85. The second-order valence-electron chi connectivity index (χ2n) is 4.39. The molecule has 5 heteroatoms. The zero-order valence-corrected chi connectivity index (χ0v) is 12.2. The van der Waals surface area contributed by atoms with Gasteiger partial charge in [-0.2, -0.15) is 0 Å². The summed E-state index contributed by atoms with van der Waals surface area (Å²) in [5.41, 5.74) is 3.03. The first-order valence-electron chi connectivity index (χ1n) is 6.15. The van der Waals surface area contributed by atoms with E-state index in [2.05, 4.69) is 5.32 Å². The molecule has 2 N–H and O–H groups in total. The van der Waals surface area contributed by atoms with E-state index in [1.165, 1.54) is 5.56 Å². The lowest BCUT2D eigenvalue weighted by Gasteiger charge is -2.10. The molecule has 0 fully saturated rings. The molecule has 0 aliphatic rings. The van der Waals surface area contributed by atoms with Gasteiger partial charge in [0.15, 0.2) is 0 Å². The molecule has 1 rings (SSSR count). The van der Waals surface area contributed by atoms with Crippen LogP contribution in [0.3, 0.4) is 0 Å². The number of aryl methyl sites for hydroxylation is 2. The van der Waals surface area contributed by atoms with Crippen LogP contribution in [0.25, 0.3) is 0 Å². The Morgan fingerprint density at radius 3 is 2.53 bits per heavy atom. The van der Waals surface area contributed by atoms with Gasteiger partial charge >= 0.3 is 5.97 Å². The maximum Gasteiger partial charge on any atom is 0.316 e. The number of carboxylic acid groups (broad SMARTS) is 1. The molecular formula is C14H19NO3S. The van der Waals surface area contributed by atoms with Gasteiger partial charge in [-0.3, -0.25) is 9.59 Å². The molecule has 0 radical (unpaired) electrons. The van der Waals surface area contributed by atoms with Crippen LogP contribution in [0, 0.1) is 13.8 Å². The van der Waals surface area contributed by atoms with Crippen LogP contribution in [-0.4, -0.2) is 28.0 Å². The SMILES string of the molecule is CCC(SCC(=O)Nc1ccc(C)c(C)c1)C(=O)O. The van der Waals surface area contributed by atoms with E-state index in [9.17, 15) is 9.59 Å². The Labute approximate surface area is 117 Å². The van der Waals surface area contributed by atoms with Crippen molar-refractivity contribution in [3.63, 3.8) is 0 Å². The fourth-order valence-corrected chi connectivity index (χ4v) is 2.36. The minimum Gasteiger partial charge on any atom is -0.480 e. The molecule has 0 aromatic heterocycles. The lowest BCUT2D eigenvalue weighted by Crippen LogP contribution is -2.20. The van der Waals surface area contributed by atoms with E-state index < -0.39 is 11.2 Å². The number of hydrogen-bond acceptors (Lipinski definition) is 3. The first kappa shape index (κ1) is 15.6. The summed E-state index contributed by atoms with van der Waals surface area (Å²) in [6.07, 6.45) is 0.511. The predicted molar refractivity (Wildman–Crippen MR) is 78.7 cm³/mol. The Hall–Kier alpha value is -1.49. The van der Waals surface area contributed by atoms with Crippen LogP contribution >= 0.6 is 11.8 Å². The molecule has 1 aromatic carbocycles. The second-order valence-corrected chi connectivity index (χ2v) is 5.58. The normalized spacial score (nSPS) is 11.9. The Kier molecular flexibility index (Phi) is 5.89. The molecular weight excluding hydrogens is 262 g/mol. The van der Waals surface area contributed by atoms with Crippen LogP contribution in [-0.2, 0) is 9.59 Å². The highest BCUT2D eigenvalue weighted by Gasteiger charge is 2.17. The van der Waals surface area contributed by atoms with E-state index in [-0.39, 0.29) is 11.7 Å². The minimum atomic E-state index is -0.869. The molecule has 0 aliphatic heterocycles. The number of rotatable bonds is 6. The number of nitrogens with one attached hydrogen (secondary N) is 1. The van der Waals surface area contributed by atoms with Gasteiger partial charge in [0.1, 0.15) is 5.25 Å². The molecule has 0 aliphatic carbocycles. The maximum absolute atomic E-state index is 11.7. The van der Waals surface area contributed by atoms with Gasteiger partial charge in [-0.05, 0) is 43.5 Å². The summed E-state index contributed by atoms with van der Waals surface area (Å²) in [6, 6.07) is 5.70. The largest absolute Gasteiger partial charge is 0.480 e. The lowest BCUT2D eigenvalue weighted by molar-refractivity contribution is -0.136. The van der Waals surface area contributed by atoms with Gasteiger partial charge in [0, 0.05) is 5.69 Å². The van der Waals surface area contributed by atoms with E-state index in [1.54, 1.807) is 6.92 Å². The number of anilines is 1. The van der Waals surface area contributed by atoms with Gasteiger partial charge in [0.25, 0.3) is 0 Å². The molecule has 0 saturated heterocycles. The van der Waals surface area contributed by atoms with Crippen molar-refractivity contribution >= 4 is 29.3 Å².